The maximum atomic E-state index is 10.8. The van der Waals surface area contributed by atoms with Crippen molar-refractivity contribution >= 4 is 5.97 Å². The Labute approximate surface area is 97.0 Å². The van der Waals surface area contributed by atoms with Gasteiger partial charge in [0.15, 0.2) is 0 Å². The largest absolute Gasteiger partial charge is 0.581 e. The number of ether oxygens (including phenoxy) is 1. The maximum Gasteiger partial charge on any atom is 0.337 e. The Morgan fingerprint density at radius 1 is 1.75 bits per heavy atom. The van der Waals surface area contributed by atoms with E-state index in [2.05, 4.69) is 14.9 Å². The van der Waals surface area contributed by atoms with E-state index in [1.807, 2.05) is 0 Å². The number of nitrogens with zero attached hydrogens (tertiary/aromatic N) is 2. The topological polar surface area (TPSA) is 53.3 Å². The SMILES string of the molecule is CCOC(=O)c1cn[n-]c1.[CH3-].[Y]. The molecule has 1 radical (unpaired) electrons. The number of hydrogen-bond acceptors (Lipinski definition) is 3. The molecule has 0 fully saturated rings. The van der Waals surface area contributed by atoms with Gasteiger partial charge in [-0.1, -0.05) is 0 Å². The third-order valence-electron chi connectivity index (χ3n) is 0.971. The van der Waals surface area contributed by atoms with Crippen LogP contribution in [0.1, 0.15) is 17.3 Å². The fourth-order valence-electron chi connectivity index (χ4n) is 0.544. The minimum atomic E-state index is -0.368. The van der Waals surface area contributed by atoms with Crippen LogP contribution in [0.25, 0.3) is 0 Å². The first-order valence-electron chi connectivity index (χ1n) is 2.95. The fourth-order valence-corrected chi connectivity index (χ4v) is 0.544. The average Bonchev–Trinajstić information content (AvgIpc) is 2.38. The number of esters is 1. The first-order valence-corrected chi connectivity index (χ1v) is 2.95. The van der Waals surface area contributed by atoms with E-state index in [1.54, 1.807) is 6.92 Å². The summed E-state index contributed by atoms with van der Waals surface area (Å²) < 4.78 is 4.67. The minimum Gasteiger partial charge on any atom is -0.581 e. The predicted octanol–water partition coefficient (Wildman–Crippen LogP) is 0.663. The van der Waals surface area contributed by atoms with Crippen molar-refractivity contribution in [1.29, 1.82) is 0 Å². The van der Waals surface area contributed by atoms with Gasteiger partial charge in [0.1, 0.15) is 0 Å². The number of hydrogen-bond donors (Lipinski definition) is 0. The first kappa shape index (κ1) is 14.3. The van der Waals surface area contributed by atoms with E-state index in [4.69, 9.17) is 0 Å². The zero-order valence-corrected chi connectivity index (χ0v) is 9.99. The van der Waals surface area contributed by atoms with Gasteiger partial charge in [0, 0.05) is 38.9 Å². The molecule has 0 unspecified atom stereocenters. The van der Waals surface area contributed by atoms with E-state index in [0.29, 0.717) is 12.2 Å². The summed E-state index contributed by atoms with van der Waals surface area (Å²) in [6.45, 7) is 2.13. The van der Waals surface area contributed by atoms with Crippen LogP contribution in [-0.2, 0) is 37.4 Å². The molecule has 0 N–H and O–H groups in total. The van der Waals surface area contributed by atoms with Gasteiger partial charge in [0.2, 0.25) is 0 Å². The van der Waals surface area contributed by atoms with E-state index in [1.165, 1.54) is 12.4 Å². The third kappa shape index (κ3) is 3.97. The molecule has 0 saturated heterocycles. The Morgan fingerprint density at radius 2 is 2.42 bits per heavy atom. The molecule has 1 rings (SSSR count). The van der Waals surface area contributed by atoms with Gasteiger partial charge in [-0.15, -0.1) is 6.20 Å². The number of carbonyl (C=O) groups is 1. The van der Waals surface area contributed by atoms with Crippen LogP contribution < -0.4 is 5.10 Å². The van der Waals surface area contributed by atoms with Gasteiger partial charge in [-0.3, -0.25) is 0 Å². The van der Waals surface area contributed by atoms with Gasteiger partial charge in [-0.25, -0.2) is 4.79 Å². The molecule has 65 valence electrons. The number of rotatable bonds is 2. The van der Waals surface area contributed by atoms with E-state index in [9.17, 15) is 4.79 Å². The van der Waals surface area contributed by atoms with E-state index in [0.717, 1.165) is 0 Å². The quantitative estimate of drug-likeness (QED) is 0.565. The van der Waals surface area contributed by atoms with Gasteiger partial charge in [0.25, 0.3) is 0 Å². The van der Waals surface area contributed by atoms with E-state index < -0.39 is 0 Å². The smallest absolute Gasteiger partial charge is 0.337 e. The standard InChI is InChI=1S/C6H8N2O2.CH3.Y/c1-2-10-6(9)5-3-7-8-4-5;;/h3-4H,2H2,1H3,(H,7,8,9);1H3;/q;-1;/p-1. The van der Waals surface area contributed by atoms with Crippen LogP contribution in [0.3, 0.4) is 0 Å². The van der Waals surface area contributed by atoms with Crippen LogP contribution in [0.5, 0.6) is 0 Å². The molecule has 0 aliphatic heterocycles. The second-order valence-corrected chi connectivity index (χ2v) is 1.66. The Bertz CT molecular complexity index is 211. The zero-order valence-electron chi connectivity index (χ0n) is 7.15. The zero-order chi connectivity index (χ0) is 7.40. The summed E-state index contributed by atoms with van der Waals surface area (Å²) in [5, 5.41) is 6.95. The van der Waals surface area contributed by atoms with Crippen LogP contribution in [0.4, 0.5) is 0 Å². The molecule has 5 heteroatoms. The molecular formula is C7H10N2O2Y-2. The summed E-state index contributed by atoms with van der Waals surface area (Å²) in [5.41, 5.74) is 0.404. The monoisotopic (exact) mass is 243 g/mol. The summed E-state index contributed by atoms with van der Waals surface area (Å²) in [5.74, 6) is -0.368. The first-order chi connectivity index (χ1) is 4.84. The van der Waals surface area contributed by atoms with Crippen molar-refractivity contribution in [3.8, 4) is 0 Å². The molecular weight excluding hydrogens is 233 g/mol. The predicted molar refractivity (Wildman–Crippen MR) is 39.9 cm³/mol. The minimum absolute atomic E-state index is 0. The maximum absolute atomic E-state index is 10.8. The molecule has 0 amide bonds. The van der Waals surface area contributed by atoms with Gasteiger partial charge in [-0.05, 0) is 6.92 Å². The van der Waals surface area contributed by atoms with Crippen molar-refractivity contribution < 1.29 is 42.2 Å². The summed E-state index contributed by atoms with van der Waals surface area (Å²) >= 11 is 0. The van der Waals surface area contributed by atoms with E-state index >= 15 is 0 Å². The van der Waals surface area contributed by atoms with Gasteiger partial charge >= 0.3 is 5.97 Å². The van der Waals surface area contributed by atoms with E-state index in [-0.39, 0.29) is 46.1 Å². The van der Waals surface area contributed by atoms with Crippen LogP contribution in [-0.4, -0.2) is 17.7 Å². The van der Waals surface area contributed by atoms with Crippen LogP contribution >= 0.6 is 0 Å². The van der Waals surface area contributed by atoms with Crippen molar-refractivity contribution in [2.24, 2.45) is 0 Å². The molecule has 0 bridgehead atoms. The van der Waals surface area contributed by atoms with Crippen molar-refractivity contribution in [3.63, 3.8) is 0 Å². The molecule has 1 aromatic heterocycles. The average molecular weight is 243 g/mol. The fraction of sp³-hybridized carbons (Fsp3) is 0.286. The van der Waals surface area contributed by atoms with Crippen molar-refractivity contribution in [2.45, 2.75) is 6.92 Å². The molecule has 4 nitrogen and oxygen atoms in total. The Kier molecular flexibility index (Phi) is 8.87. The molecule has 0 atom stereocenters. The summed E-state index contributed by atoms with van der Waals surface area (Å²) in [4.78, 5) is 10.8. The molecule has 12 heavy (non-hydrogen) atoms. The van der Waals surface area contributed by atoms with Crippen LogP contribution in [0.15, 0.2) is 12.4 Å². The Hall–Kier alpha value is -0.216. The second kappa shape index (κ2) is 7.43. The van der Waals surface area contributed by atoms with Crippen LogP contribution in [0.2, 0.25) is 0 Å². The normalized spacial score (nSPS) is 7.75. The summed E-state index contributed by atoms with van der Waals surface area (Å²) in [7, 11) is 0. The molecule has 0 aliphatic rings. The van der Waals surface area contributed by atoms with Crippen molar-refractivity contribution in [3.05, 3.63) is 25.4 Å². The number of carbonyl (C=O) groups excluding carboxylic acids is 1. The van der Waals surface area contributed by atoms with Crippen molar-refractivity contribution in [2.75, 3.05) is 6.61 Å². The number of aromatic nitrogens is 2. The van der Waals surface area contributed by atoms with Gasteiger partial charge in [0.05, 0.1) is 12.2 Å². The summed E-state index contributed by atoms with van der Waals surface area (Å²) in [6, 6.07) is 0. The Morgan fingerprint density at radius 3 is 2.83 bits per heavy atom. The molecule has 1 aromatic rings. The molecule has 1 heterocycles. The molecule has 0 spiro atoms. The Balaban J connectivity index is 0. The molecule has 0 saturated carbocycles. The second-order valence-electron chi connectivity index (χ2n) is 1.66. The molecule has 0 aliphatic carbocycles. The van der Waals surface area contributed by atoms with Crippen molar-refractivity contribution in [1.82, 2.24) is 10.2 Å². The summed E-state index contributed by atoms with van der Waals surface area (Å²) in [6.07, 6.45) is 2.75. The van der Waals surface area contributed by atoms with Gasteiger partial charge in [-0.2, -0.15) is 0 Å². The van der Waals surface area contributed by atoms with Crippen LogP contribution in [0, 0.1) is 7.43 Å². The third-order valence-corrected chi connectivity index (χ3v) is 0.971. The molecule has 0 aromatic carbocycles. The van der Waals surface area contributed by atoms with Gasteiger partial charge < -0.3 is 22.4 Å².